The van der Waals surface area contributed by atoms with E-state index in [1.54, 1.807) is 7.11 Å². The summed E-state index contributed by atoms with van der Waals surface area (Å²) in [5, 5.41) is 7.52. The fourth-order valence-corrected chi connectivity index (χ4v) is 3.16. The summed E-state index contributed by atoms with van der Waals surface area (Å²) in [5.74, 6) is 2.62. The minimum atomic E-state index is 0.545. The first kappa shape index (κ1) is 26.9. The van der Waals surface area contributed by atoms with Crippen molar-refractivity contribution in [1.29, 1.82) is 0 Å². The van der Waals surface area contributed by atoms with E-state index in [1.165, 1.54) is 0 Å². The first-order valence-electron chi connectivity index (χ1n) is 11.9. The predicted molar refractivity (Wildman–Crippen MR) is 134 cm³/mol. The Labute approximate surface area is 198 Å². The standard InChI is InChI=1S/C24H41N5O4/c1-6-12-31-15-9-25-23-19-17-21(30-5)22(33-14-8-11-29(3)4)18-20(19)27-24(28-23)26-10-16-32-13-7-2/h17-18H,6-16H2,1-5H3,(H2,25,26,27,28). The van der Waals surface area contributed by atoms with Crippen molar-refractivity contribution in [3.8, 4) is 11.5 Å². The highest BCUT2D eigenvalue weighted by atomic mass is 16.5. The third-order valence-electron chi connectivity index (χ3n) is 4.75. The molecule has 0 spiro atoms. The van der Waals surface area contributed by atoms with Gasteiger partial charge in [0.1, 0.15) is 5.82 Å². The lowest BCUT2D eigenvalue weighted by Gasteiger charge is -2.16. The van der Waals surface area contributed by atoms with Gasteiger partial charge in [0.25, 0.3) is 0 Å². The smallest absolute Gasteiger partial charge is 0.225 e. The van der Waals surface area contributed by atoms with E-state index < -0.39 is 0 Å². The normalized spacial score (nSPS) is 11.2. The average molecular weight is 464 g/mol. The maximum Gasteiger partial charge on any atom is 0.225 e. The lowest BCUT2D eigenvalue weighted by Crippen LogP contribution is -2.16. The van der Waals surface area contributed by atoms with E-state index in [9.17, 15) is 0 Å². The maximum atomic E-state index is 6.02. The van der Waals surface area contributed by atoms with Gasteiger partial charge in [-0.25, -0.2) is 4.98 Å². The molecule has 0 aliphatic rings. The number of fused-ring (bicyclic) bond motifs is 1. The average Bonchev–Trinajstić information content (AvgIpc) is 2.80. The van der Waals surface area contributed by atoms with Crippen LogP contribution in [0.2, 0.25) is 0 Å². The van der Waals surface area contributed by atoms with Gasteiger partial charge in [-0.05, 0) is 39.4 Å². The fraction of sp³-hybridized carbons (Fsp3) is 0.667. The summed E-state index contributed by atoms with van der Waals surface area (Å²) in [6.07, 6.45) is 2.92. The molecule has 0 fully saturated rings. The number of ether oxygens (including phenoxy) is 4. The summed E-state index contributed by atoms with van der Waals surface area (Å²) >= 11 is 0. The van der Waals surface area contributed by atoms with Crippen LogP contribution in [0.3, 0.4) is 0 Å². The van der Waals surface area contributed by atoms with Crippen LogP contribution in [0.25, 0.3) is 10.9 Å². The molecule has 186 valence electrons. The molecule has 0 atom stereocenters. The van der Waals surface area contributed by atoms with Crippen LogP contribution in [0.4, 0.5) is 11.8 Å². The number of hydrogen-bond acceptors (Lipinski definition) is 9. The van der Waals surface area contributed by atoms with Crippen molar-refractivity contribution in [2.75, 3.05) is 84.5 Å². The minimum absolute atomic E-state index is 0.545. The lowest BCUT2D eigenvalue weighted by atomic mass is 10.2. The molecule has 1 aromatic heterocycles. The highest BCUT2D eigenvalue weighted by Gasteiger charge is 2.14. The van der Waals surface area contributed by atoms with Crippen LogP contribution >= 0.6 is 0 Å². The molecule has 0 aliphatic heterocycles. The SMILES string of the molecule is CCCOCCNc1nc(NCCOCCC)c2cc(OC)c(OCCCN(C)C)cc2n1. The van der Waals surface area contributed by atoms with E-state index in [1.807, 2.05) is 12.1 Å². The number of hydrogen-bond donors (Lipinski definition) is 2. The first-order chi connectivity index (χ1) is 16.1. The van der Waals surface area contributed by atoms with Gasteiger partial charge < -0.3 is 34.5 Å². The number of aromatic nitrogens is 2. The van der Waals surface area contributed by atoms with Crippen LogP contribution in [-0.2, 0) is 9.47 Å². The van der Waals surface area contributed by atoms with Crippen molar-refractivity contribution in [3.05, 3.63) is 12.1 Å². The molecule has 0 unspecified atom stereocenters. The molecule has 0 bridgehead atoms. The van der Waals surface area contributed by atoms with Gasteiger partial charge in [-0.2, -0.15) is 4.98 Å². The molecule has 2 aromatic rings. The summed E-state index contributed by atoms with van der Waals surface area (Å²) in [5.41, 5.74) is 0.780. The zero-order chi connectivity index (χ0) is 23.9. The number of nitrogens with zero attached hydrogens (tertiary/aromatic N) is 3. The Bertz CT molecular complexity index is 819. The third kappa shape index (κ3) is 9.57. The Morgan fingerprint density at radius 3 is 2.18 bits per heavy atom. The van der Waals surface area contributed by atoms with Crippen LogP contribution in [0, 0.1) is 0 Å². The Morgan fingerprint density at radius 1 is 0.848 bits per heavy atom. The number of anilines is 2. The van der Waals surface area contributed by atoms with Crippen molar-refractivity contribution in [2.45, 2.75) is 33.1 Å². The predicted octanol–water partition coefficient (Wildman–Crippen LogP) is 3.65. The van der Waals surface area contributed by atoms with Gasteiger partial charge in [0.15, 0.2) is 11.5 Å². The van der Waals surface area contributed by atoms with Crippen molar-refractivity contribution < 1.29 is 18.9 Å². The van der Waals surface area contributed by atoms with Crippen LogP contribution in [-0.4, -0.2) is 88.7 Å². The van der Waals surface area contributed by atoms with Crippen molar-refractivity contribution in [1.82, 2.24) is 14.9 Å². The second kappa shape index (κ2) is 15.5. The largest absolute Gasteiger partial charge is 0.493 e. The Morgan fingerprint density at radius 2 is 1.55 bits per heavy atom. The fourth-order valence-electron chi connectivity index (χ4n) is 3.16. The Balaban J connectivity index is 2.21. The van der Waals surface area contributed by atoms with Gasteiger partial charge in [0.2, 0.25) is 5.95 Å². The van der Waals surface area contributed by atoms with Crippen LogP contribution < -0.4 is 20.1 Å². The molecule has 0 saturated heterocycles. The first-order valence-corrected chi connectivity index (χ1v) is 11.9. The molecular weight excluding hydrogens is 422 g/mol. The third-order valence-corrected chi connectivity index (χ3v) is 4.75. The maximum absolute atomic E-state index is 6.02. The van der Waals surface area contributed by atoms with Gasteiger partial charge in [-0.3, -0.25) is 0 Å². The number of benzene rings is 1. The molecule has 9 nitrogen and oxygen atoms in total. The minimum Gasteiger partial charge on any atom is -0.493 e. The van der Waals surface area contributed by atoms with Crippen LogP contribution in [0.15, 0.2) is 12.1 Å². The zero-order valence-electron chi connectivity index (χ0n) is 20.9. The monoisotopic (exact) mass is 463 g/mol. The summed E-state index contributed by atoms with van der Waals surface area (Å²) in [7, 11) is 5.75. The van der Waals surface area contributed by atoms with Gasteiger partial charge in [-0.1, -0.05) is 13.8 Å². The van der Waals surface area contributed by atoms with Crippen LogP contribution in [0.5, 0.6) is 11.5 Å². The second-order valence-corrected chi connectivity index (χ2v) is 8.00. The second-order valence-electron chi connectivity index (χ2n) is 8.00. The molecule has 0 radical (unpaired) electrons. The lowest BCUT2D eigenvalue weighted by molar-refractivity contribution is 0.144. The van der Waals surface area contributed by atoms with E-state index in [0.717, 1.165) is 55.7 Å². The van der Waals surface area contributed by atoms with Gasteiger partial charge in [-0.15, -0.1) is 0 Å². The van der Waals surface area contributed by atoms with E-state index in [0.29, 0.717) is 50.4 Å². The molecule has 2 rings (SSSR count). The van der Waals surface area contributed by atoms with Crippen LogP contribution in [0.1, 0.15) is 33.1 Å². The molecule has 33 heavy (non-hydrogen) atoms. The van der Waals surface area contributed by atoms with Crippen molar-refractivity contribution in [3.63, 3.8) is 0 Å². The molecule has 0 amide bonds. The highest BCUT2D eigenvalue weighted by molar-refractivity contribution is 5.92. The van der Waals surface area contributed by atoms with Crippen molar-refractivity contribution in [2.24, 2.45) is 0 Å². The summed E-state index contributed by atoms with van der Waals surface area (Å²) in [6, 6.07) is 3.85. The summed E-state index contributed by atoms with van der Waals surface area (Å²) in [6.45, 7) is 9.74. The quantitative estimate of drug-likeness (QED) is 0.322. The molecule has 1 aromatic carbocycles. The number of methoxy groups -OCH3 is 1. The van der Waals surface area contributed by atoms with E-state index in [2.05, 4.69) is 43.5 Å². The van der Waals surface area contributed by atoms with E-state index in [4.69, 9.17) is 28.9 Å². The Hall–Kier alpha value is -2.36. The van der Waals surface area contributed by atoms with E-state index >= 15 is 0 Å². The van der Waals surface area contributed by atoms with Crippen molar-refractivity contribution >= 4 is 22.7 Å². The summed E-state index contributed by atoms with van der Waals surface area (Å²) < 4.78 is 22.8. The molecule has 0 saturated carbocycles. The topological polar surface area (TPSA) is 90.0 Å². The van der Waals surface area contributed by atoms with Gasteiger partial charge in [0.05, 0.1) is 32.4 Å². The zero-order valence-corrected chi connectivity index (χ0v) is 20.9. The molecular formula is C24H41N5O4. The number of rotatable bonds is 18. The Kier molecular flexibility index (Phi) is 12.6. The molecule has 9 heteroatoms. The molecule has 0 aliphatic carbocycles. The van der Waals surface area contributed by atoms with E-state index in [-0.39, 0.29) is 0 Å². The highest BCUT2D eigenvalue weighted by Crippen LogP contribution is 2.35. The van der Waals surface area contributed by atoms with Gasteiger partial charge >= 0.3 is 0 Å². The molecule has 2 N–H and O–H groups in total. The number of nitrogens with one attached hydrogen (secondary N) is 2. The van der Waals surface area contributed by atoms with Gasteiger partial charge in [0, 0.05) is 44.3 Å². The molecule has 1 heterocycles. The summed E-state index contributed by atoms with van der Waals surface area (Å²) in [4.78, 5) is 11.5.